The first-order valence-electron chi connectivity index (χ1n) is 10.6. The maximum absolute atomic E-state index is 12.8. The molecule has 6 nitrogen and oxygen atoms in total. The Morgan fingerprint density at radius 3 is 2.93 bits per heavy atom. The van der Waals surface area contributed by atoms with Gasteiger partial charge in [0.25, 0.3) is 0 Å². The highest BCUT2D eigenvalue weighted by atomic mass is 16.6. The molecule has 0 aliphatic carbocycles. The molecule has 3 heterocycles. The summed E-state index contributed by atoms with van der Waals surface area (Å²) in [7, 11) is 0. The summed E-state index contributed by atoms with van der Waals surface area (Å²) in [5.74, 6) is 0.262. The Bertz CT molecular complexity index is 646. The van der Waals surface area contributed by atoms with Gasteiger partial charge in [0, 0.05) is 50.0 Å². The largest absolute Gasteiger partial charge is 0.444 e. The molecule has 2 aliphatic rings. The molecule has 0 radical (unpaired) electrons. The highest BCUT2D eigenvalue weighted by molar-refractivity contribution is 5.68. The van der Waals surface area contributed by atoms with E-state index in [0.717, 1.165) is 45.4 Å². The van der Waals surface area contributed by atoms with Crippen LogP contribution in [0.4, 0.5) is 4.79 Å². The Hall–Kier alpha value is -1.66. The molecule has 1 spiro atoms. The highest BCUT2D eigenvalue weighted by Crippen LogP contribution is 2.49. The number of likely N-dealkylation sites (tertiary alicyclic amines) is 1. The van der Waals surface area contributed by atoms with E-state index in [4.69, 9.17) is 9.47 Å². The highest BCUT2D eigenvalue weighted by Gasteiger charge is 2.54. The van der Waals surface area contributed by atoms with Crippen LogP contribution in [0, 0.1) is 5.41 Å². The molecule has 1 aromatic rings. The van der Waals surface area contributed by atoms with Crippen molar-refractivity contribution >= 4 is 6.09 Å². The average molecular weight is 390 g/mol. The second-order valence-corrected chi connectivity index (χ2v) is 9.09. The van der Waals surface area contributed by atoms with Gasteiger partial charge in [-0.05, 0) is 51.7 Å². The zero-order chi connectivity index (χ0) is 20.2. The third kappa shape index (κ3) is 4.66. The summed E-state index contributed by atoms with van der Waals surface area (Å²) in [4.78, 5) is 19.0. The van der Waals surface area contributed by atoms with Gasteiger partial charge in [0.1, 0.15) is 11.8 Å². The Morgan fingerprint density at radius 2 is 2.25 bits per heavy atom. The maximum atomic E-state index is 12.8. The minimum Gasteiger partial charge on any atom is -0.444 e. The maximum Gasteiger partial charge on any atom is 0.410 e. The minimum absolute atomic E-state index is 0.0607. The molecule has 28 heavy (non-hydrogen) atoms. The van der Waals surface area contributed by atoms with Crippen molar-refractivity contribution in [3.8, 4) is 0 Å². The number of aromatic nitrogens is 1. The molecule has 3 rings (SSSR count). The molecule has 1 aromatic heterocycles. The van der Waals surface area contributed by atoms with Gasteiger partial charge in [0.2, 0.25) is 0 Å². The first kappa shape index (κ1) is 21.1. The number of piperidine rings is 1. The minimum atomic E-state index is -0.491. The number of carbonyl (C=O) groups is 1. The average Bonchev–Trinajstić information content (AvgIpc) is 2.99. The van der Waals surface area contributed by atoms with Gasteiger partial charge in [-0.15, -0.1) is 0 Å². The van der Waals surface area contributed by atoms with Crippen LogP contribution in [0.25, 0.3) is 0 Å². The van der Waals surface area contributed by atoms with E-state index >= 15 is 0 Å². The molecule has 1 amide bonds. The van der Waals surface area contributed by atoms with E-state index in [-0.39, 0.29) is 23.7 Å². The Balaban J connectivity index is 1.84. The molecule has 156 valence electrons. The molecule has 3 unspecified atom stereocenters. The molecular weight excluding hydrogens is 354 g/mol. The third-order valence-corrected chi connectivity index (χ3v) is 5.80. The molecule has 3 atom stereocenters. The third-order valence-electron chi connectivity index (χ3n) is 5.80. The van der Waals surface area contributed by atoms with Crippen molar-refractivity contribution in [1.82, 2.24) is 15.2 Å². The first-order valence-corrected chi connectivity index (χ1v) is 10.6. The van der Waals surface area contributed by atoms with Crippen molar-refractivity contribution in [3.63, 3.8) is 0 Å². The molecule has 2 fully saturated rings. The molecular formula is C22H35N3O3. The molecule has 0 saturated carbocycles. The number of hydrogen-bond donors (Lipinski definition) is 1. The van der Waals surface area contributed by atoms with E-state index < -0.39 is 5.60 Å². The van der Waals surface area contributed by atoms with E-state index in [1.165, 1.54) is 5.56 Å². The van der Waals surface area contributed by atoms with Crippen LogP contribution in [-0.2, 0) is 9.47 Å². The summed E-state index contributed by atoms with van der Waals surface area (Å²) in [6, 6.07) is 4.13. The second kappa shape index (κ2) is 8.78. The lowest BCUT2D eigenvalue weighted by Gasteiger charge is -2.46. The van der Waals surface area contributed by atoms with Gasteiger partial charge in [-0.1, -0.05) is 19.4 Å². The lowest BCUT2D eigenvalue weighted by Crippen LogP contribution is -2.54. The first-order chi connectivity index (χ1) is 13.4. The van der Waals surface area contributed by atoms with Gasteiger partial charge in [-0.3, -0.25) is 10.3 Å². The number of unbranched alkanes of at least 4 members (excludes halogenated alkanes) is 1. The van der Waals surface area contributed by atoms with Gasteiger partial charge in [-0.25, -0.2) is 4.79 Å². The lowest BCUT2D eigenvalue weighted by molar-refractivity contribution is -0.0751. The van der Waals surface area contributed by atoms with Crippen LogP contribution in [0.15, 0.2) is 24.5 Å². The lowest BCUT2D eigenvalue weighted by atomic mass is 9.68. The van der Waals surface area contributed by atoms with Crippen LogP contribution < -0.4 is 5.32 Å². The zero-order valence-electron chi connectivity index (χ0n) is 17.7. The summed E-state index contributed by atoms with van der Waals surface area (Å²) < 4.78 is 12.0. The Kier molecular flexibility index (Phi) is 6.61. The van der Waals surface area contributed by atoms with Crippen LogP contribution in [0.1, 0.15) is 64.9 Å². The number of hydrogen-bond acceptors (Lipinski definition) is 5. The summed E-state index contributed by atoms with van der Waals surface area (Å²) in [6.45, 7) is 10.9. The SMILES string of the molecule is CCCCOC1NCC(c2cccnc2)C12CCCN(C(=O)OC(C)(C)C)C2. The molecule has 6 heteroatoms. The van der Waals surface area contributed by atoms with Crippen molar-refractivity contribution in [3.05, 3.63) is 30.1 Å². The van der Waals surface area contributed by atoms with Crippen molar-refractivity contribution < 1.29 is 14.3 Å². The van der Waals surface area contributed by atoms with E-state index in [2.05, 4.69) is 23.3 Å². The normalized spacial score (nSPS) is 27.9. The monoisotopic (exact) mass is 389 g/mol. The van der Waals surface area contributed by atoms with Crippen molar-refractivity contribution in [2.75, 3.05) is 26.2 Å². The molecule has 2 saturated heterocycles. The van der Waals surface area contributed by atoms with Crippen molar-refractivity contribution in [1.29, 1.82) is 0 Å². The predicted octanol–water partition coefficient (Wildman–Crippen LogP) is 3.93. The van der Waals surface area contributed by atoms with Crippen LogP contribution in [-0.4, -0.2) is 54.0 Å². The Labute approximate surface area is 169 Å². The van der Waals surface area contributed by atoms with Crippen LogP contribution >= 0.6 is 0 Å². The molecule has 0 bridgehead atoms. The number of rotatable bonds is 5. The fraction of sp³-hybridized carbons (Fsp3) is 0.727. The standard InChI is InChI=1S/C22H35N3O3/c1-5-6-13-27-19-22(18(15-24-19)17-9-7-11-23-14-17)10-8-12-25(16-22)20(26)28-21(2,3)4/h7,9,11,14,18-19,24H,5-6,8,10,12-13,15-16H2,1-4H3. The van der Waals surface area contributed by atoms with Crippen molar-refractivity contribution in [2.24, 2.45) is 5.41 Å². The fourth-order valence-electron chi connectivity index (χ4n) is 4.51. The number of amides is 1. The second-order valence-electron chi connectivity index (χ2n) is 9.09. The summed E-state index contributed by atoms with van der Waals surface area (Å²) >= 11 is 0. The molecule has 2 aliphatic heterocycles. The van der Waals surface area contributed by atoms with Crippen molar-refractivity contribution in [2.45, 2.75) is 71.1 Å². The van der Waals surface area contributed by atoms with E-state index in [0.29, 0.717) is 6.54 Å². The fourth-order valence-corrected chi connectivity index (χ4v) is 4.51. The van der Waals surface area contributed by atoms with Gasteiger partial charge in [0.15, 0.2) is 0 Å². The van der Waals surface area contributed by atoms with E-state index in [1.54, 1.807) is 0 Å². The summed E-state index contributed by atoms with van der Waals surface area (Å²) in [6.07, 6.45) is 7.60. The van der Waals surface area contributed by atoms with Crippen LogP contribution in [0.5, 0.6) is 0 Å². The topological polar surface area (TPSA) is 63.7 Å². The van der Waals surface area contributed by atoms with Crippen LogP contribution in [0.2, 0.25) is 0 Å². The van der Waals surface area contributed by atoms with E-state index in [1.807, 2.05) is 44.1 Å². The smallest absolute Gasteiger partial charge is 0.410 e. The number of carbonyl (C=O) groups excluding carboxylic acids is 1. The molecule has 0 aromatic carbocycles. The number of nitrogens with zero attached hydrogens (tertiary/aromatic N) is 2. The number of pyridine rings is 1. The van der Waals surface area contributed by atoms with Gasteiger partial charge >= 0.3 is 6.09 Å². The Morgan fingerprint density at radius 1 is 1.43 bits per heavy atom. The molecule has 1 N–H and O–H groups in total. The number of ether oxygens (including phenoxy) is 2. The van der Waals surface area contributed by atoms with Crippen LogP contribution in [0.3, 0.4) is 0 Å². The van der Waals surface area contributed by atoms with Gasteiger partial charge < -0.3 is 14.4 Å². The number of nitrogens with one attached hydrogen (secondary N) is 1. The summed E-state index contributed by atoms with van der Waals surface area (Å²) in [5.41, 5.74) is 0.559. The predicted molar refractivity (Wildman–Crippen MR) is 109 cm³/mol. The summed E-state index contributed by atoms with van der Waals surface area (Å²) in [5, 5.41) is 3.60. The van der Waals surface area contributed by atoms with Gasteiger partial charge in [-0.2, -0.15) is 0 Å². The van der Waals surface area contributed by atoms with E-state index in [9.17, 15) is 4.79 Å². The zero-order valence-corrected chi connectivity index (χ0v) is 17.7. The van der Waals surface area contributed by atoms with Gasteiger partial charge in [0.05, 0.1) is 0 Å². The quantitative estimate of drug-likeness (QED) is 0.773.